The van der Waals surface area contributed by atoms with Crippen molar-refractivity contribution in [2.75, 3.05) is 6.54 Å². The first-order valence-electron chi connectivity index (χ1n) is 6.55. The van der Waals surface area contributed by atoms with Crippen LogP contribution in [0.4, 0.5) is 0 Å². The molecule has 2 rings (SSSR count). The number of rotatable bonds is 5. The third-order valence-corrected chi connectivity index (χ3v) is 4.51. The van der Waals surface area contributed by atoms with Crippen molar-refractivity contribution in [1.29, 1.82) is 0 Å². The molecule has 0 spiro atoms. The van der Waals surface area contributed by atoms with Gasteiger partial charge in [0.15, 0.2) is 0 Å². The van der Waals surface area contributed by atoms with Gasteiger partial charge in [-0.1, -0.05) is 0 Å². The number of hydrogen-bond donors (Lipinski definition) is 3. The van der Waals surface area contributed by atoms with Gasteiger partial charge in [0, 0.05) is 18.5 Å². The number of carboxylic acids is 1. The SMILES string of the molecule is Cc1nc(CNCC2(O)CCC(C(=O)O)CC2)cs1. The summed E-state index contributed by atoms with van der Waals surface area (Å²) >= 11 is 1.61. The molecule has 0 radical (unpaired) electrons. The highest BCUT2D eigenvalue weighted by Gasteiger charge is 2.35. The minimum absolute atomic E-state index is 0.290. The molecule has 19 heavy (non-hydrogen) atoms. The highest BCUT2D eigenvalue weighted by Crippen LogP contribution is 2.31. The van der Waals surface area contributed by atoms with Gasteiger partial charge in [-0.2, -0.15) is 0 Å². The van der Waals surface area contributed by atoms with Gasteiger partial charge in [-0.15, -0.1) is 11.3 Å². The molecule has 1 saturated carbocycles. The maximum Gasteiger partial charge on any atom is 0.306 e. The van der Waals surface area contributed by atoms with Gasteiger partial charge in [0.1, 0.15) is 0 Å². The zero-order valence-corrected chi connectivity index (χ0v) is 11.9. The summed E-state index contributed by atoms with van der Waals surface area (Å²) in [7, 11) is 0. The number of carbonyl (C=O) groups is 1. The second kappa shape index (κ2) is 5.98. The zero-order valence-electron chi connectivity index (χ0n) is 11.1. The van der Waals surface area contributed by atoms with Crippen LogP contribution in [0.25, 0.3) is 0 Å². The topological polar surface area (TPSA) is 82.5 Å². The van der Waals surface area contributed by atoms with Gasteiger partial charge in [0.2, 0.25) is 0 Å². The number of aromatic nitrogens is 1. The van der Waals surface area contributed by atoms with Crippen molar-refractivity contribution in [3.63, 3.8) is 0 Å². The number of hydrogen-bond acceptors (Lipinski definition) is 5. The van der Waals surface area contributed by atoms with Crippen molar-refractivity contribution in [2.24, 2.45) is 5.92 Å². The first-order chi connectivity index (χ1) is 8.98. The maximum absolute atomic E-state index is 10.9. The Morgan fingerprint density at radius 1 is 1.58 bits per heavy atom. The predicted molar refractivity (Wildman–Crippen MR) is 73.1 cm³/mol. The van der Waals surface area contributed by atoms with Gasteiger partial charge in [0.05, 0.1) is 22.2 Å². The summed E-state index contributed by atoms with van der Waals surface area (Å²) in [6.07, 6.45) is 2.22. The van der Waals surface area contributed by atoms with E-state index in [0.717, 1.165) is 10.7 Å². The molecule has 0 amide bonds. The lowest BCUT2D eigenvalue weighted by Crippen LogP contribution is -2.44. The lowest BCUT2D eigenvalue weighted by atomic mass is 9.79. The molecule has 1 heterocycles. The van der Waals surface area contributed by atoms with Crippen LogP contribution in [0.15, 0.2) is 5.38 Å². The van der Waals surface area contributed by atoms with E-state index in [-0.39, 0.29) is 5.92 Å². The predicted octanol–water partition coefficient (Wildman–Crippen LogP) is 1.55. The smallest absolute Gasteiger partial charge is 0.306 e. The Hall–Kier alpha value is -0.980. The fraction of sp³-hybridized carbons (Fsp3) is 0.692. The summed E-state index contributed by atoms with van der Waals surface area (Å²) < 4.78 is 0. The number of aliphatic hydroxyl groups is 1. The molecule has 0 aliphatic heterocycles. The van der Waals surface area contributed by atoms with Crippen molar-refractivity contribution in [3.05, 3.63) is 16.1 Å². The van der Waals surface area contributed by atoms with Crippen LogP contribution >= 0.6 is 11.3 Å². The zero-order chi connectivity index (χ0) is 13.9. The van der Waals surface area contributed by atoms with Crippen molar-refractivity contribution in [2.45, 2.75) is 44.8 Å². The molecule has 0 saturated heterocycles. The van der Waals surface area contributed by atoms with Crippen LogP contribution in [0.1, 0.15) is 36.4 Å². The molecule has 5 nitrogen and oxygen atoms in total. The van der Waals surface area contributed by atoms with E-state index in [1.54, 1.807) is 11.3 Å². The monoisotopic (exact) mass is 284 g/mol. The molecule has 106 valence electrons. The summed E-state index contributed by atoms with van der Waals surface area (Å²) in [5.41, 5.74) is 0.224. The van der Waals surface area contributed by atoms with E-state index < -0.39 is 11.6 Å². The molecule has 0 unspecified atom stereocenters. The molecule has 1 aromatic heterocycles. The third kappa shape index (κ3) is 3.99. The Labute approximate surface area is 116 Å². The normalized spacial score (nSPS) is 27.4. The number of aliphatic carboxylic acids is 1. The number of aryl methyl sites for hydroxylation is 1. The highest BCUT2D eigenvalue weighted by atomic mass is 32.1. The second-order valence-corrected chi connectivity index (χ2v) is 6.36. The average molecular weight is 284 g/mol. The summed E-state index contributed by atoms with van der Waals surface area (Å²) in [6.45, 7) is 3.11. The molecular formula is C13H20N2O3S. The van der Waals surface area contributed by atoms with Crippen LogP contribution in [0.2, 0.25) is 0 Å². The van der Waals surface area contributed by atoms with E-state index in [0.29, 0.717) is 38.8 Å². The van der Waals surface area contributed by atoms with Crippen molar-refractivity contribution in [3.8, 4) is 0 Å². The van der Waals surface area contributed by atoms with Crippen molar-refractivity contribution in [1.82, 2.24) is 10.3 Å². The molecule has 1 aliphatic carbocycles. The van der Waals surface area contributed by atoms with Crippen LogP contribution < -0.4 is 5.32 Å². The fourth-order valence-electron chi connectivity index (χ4n) is 2.49. The Kier molecular flexibility index (Phi) is 4.54. The van der Waals surface area contributed by atoms with Gasteiger partial charge in [-0.05, 0) is 32.6 Å². The minimum atomic E-state index is -0.767. The van der Waals surface area contributed by atoms with E-state index in [2.05, 4.69) is 10.3 Å². The highest BCUT2D eigenvalue weighted by molar-refractivity contribution is 7.09. The largest absolute Gasteiger partial charge is 0.481 e. The van der Waals surface area contributed by atoms with Crippen molar-refractivity contribution < 1.29 is 15.0 Å². The molecule has 0 aromatic carbocycles. The summed E-state index contributed by atoms with van der Waals surface area (Å²) in [5, 5.41) is 25.6. The van der Waals surface area contributed by atoms with Gasteiger partial charge in [-0.3, -0.25) is 4.79 Å². The Morgan fingerprint density at radius 2 is 2.26 bits per heavy atom. The first-order valence-corrected chi connectivity index (χ1v) is 7.43. The maximum atomic E-state index is 10.9. The van der Waals surface area contributed by atoms with Crippen LogP contribution in [0.3, 0.4) is 0 Å². The number of thiazole rings is 1. The van der Waals surface area contributed by atoms with E-state index in [9.17, 15) is 9.90 Å². The molecule has 3 N–H and O–H groups in total. The average Bonchev–Trinajstić information content (AvgIpc) is 2.75. The molecule has 0 bridgehead atoms. The lowest BCUT2D eigenvalue weighted by molar-refractivity contribution is -0.144. The summed E-state index contributed by atoms with van der Waals surface area (Å²) in [6, 6.07) is 0. The van der Waals surface area contributed by atoms with Crippen LogP contribution in [0, 0.1) is 12.8 Å². The van der Waals surface area contributed by atoms with E-state index in [1.165, 1.54) is 0 Å². The Balaban J connectivity index is 1.75. The quantitative estimate of drug-likeness (QED) is 0.764. The fourth-order valence-corrected chi connectivity index (χ4v) is 3.10. The van der Waals surface area contributed by atoms with Gasteiger partial charge < -0.3 is 15.5 Å². The second-order valence-electron chi connectivity index (χ2n) is 5.30. The van der Waals surface area contributed by atoms with Crippen LogP contribution in [-0.4, -0.2) is 33.3 Å². The van der Waals surface area contributed by atoms with Gasteiger partial charge in [-0.25, -0.2) is 4.98 Å². The molecule has 0 atom stereocenters. The Bertz CT molecular complexity index is 439. The van der Waals surface area contributed by atoms with Crippen LogP contribution in [0.5, 0.6) is 0 Å². The molecule has 1 aliphatic rings. The lowest BCUT2D eigenvalue weighted by Gasteiger charge is -2.34. The number of nitrogens with zero attached hydrogens (tertiary/aromatic N) is 1. The number of carboxylic acid groups (broad SMARTS) is 1. The first kappa shape index (κ1) is 14.4. The van der Waals surface area contributed by atoms with Crippen molar-refractivity contribution >= 4 is 17.3 Å². The molecular weight excluding hydrogens is 264 g/mol. The molecule has 6 heteroatoms. The molecule has 1 aromatic rings. The minimum Gasteiger partial charge on any atom is -0.481 e. The van der Waals surface area contributed by atoms with E-state index in [1.807, 2.05) is 12.3 Å². The van der Waals surface area contributed by atoms with Gasteiger partial charge in [0.25, 0.3) is 0 Å². The van der Waals surface area contributed by atoms with Crippen LogP contribution in [-0.2, 0) is 11.3 Å². The number of nitrogens with one attached hydrogen (secondary N) is 1. The third-order valence-electron chi connectivity index (χ3n) is 3.69. The van der Waals surface area contributed by atoms with E-state index in [4.69, 9.17) is 5.11 Å². The standard InChI is InChI=1S/C13H20N2O3S/c1-9-15-11(7-19-9)6-14-8-13(18)4-2-10(3-5-13)12(16)17/h7,10,14,18H,2-6,8H2,1H3,(H,16,17). The summed E-state index contributed by atoms with van der Waals surface area (Å²) in [4.78, 5) is 15.2. The Morgan fingerprint density at radius 3 is 2.79 bits per heavy atom. The van der Waals surface area contributed by atoms with Gasteiger partial charge >= 0.3 is 5.97 Å². The summed E-state index contributed by atoms with van der Waals surface area (Å²) in [5.74, 6) is -1.03. The van der Waals surface area contributed by atoms with E-state index >= 15 is 0 Å². The molecule has 1 fully saturated rings.